The van der Waals surface area contributed by atoms with E-state index in [1.807, 2.05) is 42.5 Å². The number of carboxylic acids is 1. The Morgan fingerprint density at radius 2 is 1.61 bits per heavy atom. The highest BCUT2D eigenvalue weighted by atomic mass is 16.4. The molecule has 0 saturated heterocycles. The molecule has 1 heterocycles. The van der Waals surface area contributed by atoms with Crippen LogP contribution >= 0.6 is 0 Å². The highest BCUT2D eigenvalue weighted by Gasteiger charge is 2.10. The number of fused-ring (bicyclic) bond motifs is 3. The molecule has 0 unspecified atom stereocenters. The fourth-order valence-corrected chi connectivity index (χ4v) is 2.86. The van der Waals surface area contributed by atoms with E-state index < -0.39 is 5.97 Å². The van der Waals surface area contributed by atoms with Crippen LogP contribution < -0.4 is 5.32 Å². The lowest BCUT2D eigenvalue weighted by Gasteiger charge is -2.09. The number of aromatic nitrogens is 1. The summed E-state index contributed by atoms with van der Waals surface area (Å²) in [4.78, 5) is 14.7. The van der Waals surface area contributed by atoms with Crippen LogP contribution in [0.1, 0.15) is 10.4 Å². The van der Waals surface area contributed by atoms with Gasteiger partial charge in [-0.1, -0.05) is 30.3 Å². The third-order valence-electron chi connectivity index (χ3n) is 3.94. The van der Waals surface area contributed by atoms with Gasteiger partial charge >= 0.3 is 5.97 Å². The number of aromatic amines is 1. The standard InChI is InChI=1S/C19H14N2O2/c22-19(23)14-6-2-4-8-17(14)20-12-9-10-18-15(11-12)13-5-1-3-7-16(13)21-18/h1-11,20-21H,(H,22,23). The Hall–Kier alpha value is -3.27. The number of anilines is 2. The Morgan fingerprint density at radius 3 is 2.48 bits per heavy atom. The first kappa shape index (κ1) is 13.4. The van der Waals surface area contributed by atoms with Gasteiger partial charge in [-0.3, -0.25) is 0 Å². The molecule has 4 heteroatoms. The zero-order valence-corrected chi connectivity index (χ0v) is 12.2. The van der Waals surface area contributed by atoms with Crippen molar-refractivity contribution < 1.29 is 9.90 Å². The molecule has 1 aromatic heterocycles. The molecule has 3 aromatic carbocycles. The van der Waals surface area contributed by atoms with Crippen molar-refractivity contribution in [2.24, 2.45) is 0 Å². The summed E-state index contributed by atoms with van der Waals surface area (Å²) >= 11 is 0. The summed E-state index contributed by atoms with van der Waals surface area (Å²) in [5.74, 6) is -0.943. The van der Waals surface area contributed by atoms with Gasteiger partial charge in [0.15, 0.2) is 0 Å². The van der Waals surface area contributed by atoms with E-state index in [0.717, 1.165) is 27.5 Å². The van der Waals surface area contributed by atoms with Crippen LogP contribution in [0.25, 0.3) is 21.8 Å². The number of benzene rings is 3. The smallest absolute Gasteiger partial charge is 0.337 e. The van der Waals surface area contributed by atoms with E-state index in [1.54, 1.807) is 18.2 Å². The molecule has 0 amide bonds. The normalized spacial score (nSPS) is 11.0. The molecule has 0 spiro atoms. The monoisotopic (exact) mass is 302 g/mol. The quantitative estimate of drug-likeness (QED) is 0.511. The molecular formula is C19H14N2O2. The van der Waals surface area contributed by atoms with Crippen LogP contribution in [0.15, 0.2) is 66.7 Å². The van der Waals surface area contributed by atoms with Crippen LogP contribution in [-0.4, -0.2) is 16.1 Å². The lowest BCUT2D eigenvalue weighted by atomic mass is 10.1. The van der Waals surface area contributed by atoms with E-state index in [4.69, 9.17) is 0 Å². The van der Waals surface area contributed by atoms with Crippen molar-refractivity contribution in [1.82, 2.24) is 4.98 Å². The van der Waals surface area contributed by atoms with Gasteiger partial charge in [-0.05, 0) is 36.4 Å². The molecule has 0 bridgehead atoms. The van der Waals surface area contributed by atoms with Crippen LogP contribution in [0.2, 0.25) is 0 Å². The van der Waals surface area contributed by atoms with Crippen molar-refractivity contribution in [3.63, 3.8) is 0 Å². The highest BCUT2D eigenvalue weighted by Crippen LogP contribution is 2.29. The molecule has 0 saturated carbocycles. The molecule has 0 aliphatic rings. The summed E-state index contributed by atoms with van der Waals surface area (Å²) < 4.78 is 0. The summed E-state index contributed by atoms with van der Waals surface area (Å²) in [5, 5.41) is 14.7. The van der Waals surface area contributed by atoms with E-state index in [1.165, 1.54) is 0 Å². The van der Waals surface area contributed by atoms with Crippen molar-refractivity contribution >= 4 is 39.1 Å². The number of carboxylic acid groups (broad SMARTS) is 1. The SMILES string of the molecule is O=C(O)c1ccccc1Nc1ccc2[nH]c3ccccc3c2c1. The van der Waals surface area contributed by atoms with Gasteiger partial charge in [0.05, 0.1) is 11.3 Å². The molecule has 23 heavy (non-hydrogen) atoms. The van der Waals surface area contributed by atoms with Gasteiger partial charge in [0.25, 0.3) is 0 Å². The number of H-pyrrole nitrogens is 1. The topological polar surface area (TPSA) is 65.1 Å². The summed E-state index contributed by atoms with van der Waals surface area (Å²) in [7, 11) is 0. The molecule has 4 rings (SSSR count). The maximum Gasteiger partial charge on any atom is 0.337 e. The molecule has 0 aliphatic heterocycles. The van der Waals surface area contributed by atoms with E-state index in [-0.39, 0.29) is 5.56 Å². The van der Waals surface area contributed by atoms with Gasteiger partial charge in [0, 0.05) is 27.5 Å². The van der Waals surface area contributed by atoms with Crippen LogP contribution in [0, 0.1) is 0 Å². The molecule has 0 fully saturated rings. The number of hydrogen-bond acceptors (Lipinski definition) is 2. The minimum atomic E-state index is -0.943. The summed E-state index contributed by atoms with van der Waals surface area (Å²) in [6, 6.07) is 21.0. The summed E-state index contributed by atoms with van der Waals surface area (Å²) in [6.07, 6.45) is 0. The first-order valence-corrected chi connectivity index (χ1v) is 7.32. The minimum absolute atomic E-state index is 0.256. The zero-order chi connectivity index (χ0) is 15.8. The minimum Gasteiger partial charge on any atom is -0.478 e. The maximum absolute atomic E-state index is 11.3. The van der Waals surface area contributed by atoms with Crippen molar-refractivity contribution in [2.45, 2.75) is 0 Å². The number of carbonyl (C=O) groups is 1. The van der Waals surface area contributed by atoms with Gasteiger partial charge in [0.1, 0.15) is 0 Å². The average molecular weight is 302 g/mol. The zero-order valence-electron chi connectivity index (χ0n) is 12.2. The van der Waals surface area contributed by atoms with Gasteiger partial charge in [-0.2, -0.15) is 0 Å². The van der Waals surface area contributed by atoms with Crippen molar-refractivity contribution in [1.29, 1.82) is 0 Å². The van der Waals surface area contributed by atoms with Crippen molar-refractivity contribution in [3.8, 4) is 0 Å². The number of nitrogens with one attached hydrogen (secondary N) is 2. The van der Waals surface area contributed by atoms with Crippen LogP contribution in [-0.2, 0) is 0 Å². The van der Waals surface area contributed by atoms with Crippen LogP contribution in [0.3, 0.4) is 0 Å². The van der Waals surface area contributed by atoms with Crippen LogP contribution in [0.4, 0.5) is 11.4 Å². The Labute approximate surface area is 132 Å². The van der Waals surface area contributed by atoms with Crippen molar-refractivity contribution in [2.75, 3.05) is 5.32 Å². The molecule has 0 aliphatic carbocycles. The molecule has 4 aromatic rings. The fraction of sp³-hybridized carbons (Fsp3) is 0. The first-order valence-electron chi connectivity index (χ1n) is 7.32. The van der Waals surface area contributed by atoms with Gasteiger partial charge in [0.2, 0.25) is 0 Å². The van der Waals surface area contributed by atoms with Gasteiger partial charge in [-0.25, -0.2) is 4.79 Å². The second kappa shape index (κ2) is 5.18. The largest absolute Gasteiger partial charge is 0.478 e. The summed E-state index contributed by atoms with van der Waals surface area (Å²) in [5.41, 5.74) is 3.84. The molecule has 0 radical (unpaired) electrons. The van der Waals surface area contributed by atoms with Crippen molar-refractivity contribution in [3.05, 3.63) is 72.3 Å². The Bertz CT molecular complexity index is 1030. The maximum atomic E-state index is 11.3. The number of rotatable bonds is 3. The second-order valence-electron chi connectivity index (χ2n) is 5.41. The highest BCUT2D eigenvalue weighted by molar-refractivity contribution is 6.08. The van der Waals surface area contributed by atoms with Gasteiger partial charge < -0.3 is 15.4 Å². The van der Waals surface area contributed by atoms with E-state index in [9.17, 15) is 9.90 Å². The number of aromatic carboxylic acids is 1. The first-order chi connectivity index (χ1) is 11.2. The summed E-state index contributed by atoms with van der Waals surface area (Å²) in [6.45, 7) is 0. The Kier molecular flexibility index (Phi) is 3.01. The number of hydrogen-bond donors (Lipinski definition) is 3. The fourth-order valence-electron chi connectivity index (χ4n) is 2.86. The number of para-hydroxylation sites is 2. The third-order valence-corrected chi connectivity index (χ3v) is 3.94. The molecular weight excluding hydrogens is 288 g/mol. The van der Waals surface area contributed by atoms with E-state index >= 15 is 0 Å². The third kappa shape index (κ3) is 2.30. The van der Waals surface area contributed by atoms with Crippen LogP contribution in [0.5, 0.6) is 0 Å². The lowest BCUT2D eigenvalue weighted by molar-refractivity contribution is 0.0698. The predicted molar refractivity (Wildman–Crippen MR) is 92.5 cm³/mol. The van der Waals surface area contributed by atoms with Gasteiger partial charge in [-0.15, -0.1) is 0 Å². The van der Waals surface area contributed by atoms with E-state index in [2.05, 4.69) is 16.4 Å². The predicted octanol–water partition coefficient (Wildman–Crippen LogP) is 4.76. The Morgan fingerprint density at radius 1 is 0.870 bits per heavy atom. The average Bonchev–Trinajstić information content (AvgIpc) is 2.93. The second-order valence-corrected chi connectivity index (χ2v) is 5.41. The lowest BCUT2D eigenvalue weighted by Crippen LogP contribution is -2.02. The molecule has 4 nitrogen and oxygen atoms in total. The Balaban J connectivity index is 1.81. The molecule has 112 valence electrons. The molecule has 0 atom stereocenters. The van der Waals surface area contributed by atoms with E-state index in [0.29, 0.717) is 5.69 Å². The molecule has 3 N–H and O–H groups in total.